The maximum absolute atomic E-state index is 11.3. The van der Waals surface area contributed by atoms with Gasteiger partial charge in [0.15, 0.2) is 0 Å². The van der Waals surface area contributed by atoms with E-state index in [4.69, 9.17) is 0 Å². The first kappa shape index (κ1) is 14.0. The Morgan fingerprint density at radius 2 is 2.20 bits per heavy atom. The topological polar surface area (TPSA) is 80.0 Å². The SMILES string of the molecule is Cc1cc(C)c(C(=O)O)c(NCCc2ccnn2C)n1. The molecule has 0 bridgehead atoms. The summed E-state index contributed by atoms with van der Waals surface area (Å²) in [6, 6.07) is 3.71. The van der Waals surface area contributed by atoms with E-state index < -0.39 is 5.97 Å². The summed E-state index contributed by atoms with van der Waals surface area (Å²) in [5.41, 5.74) is 2.84. The van der Waals surface area contributed by atoms with Gasteiger partial charge in [0.1, 0.15) is 11.4 Å². The molecule has 0 aromatic carbocycles. The summed E-state index contributed by atoms with van der Waals surface area (Å²) in [4.78, 5) is 15.6. The number of pyridine rings is 1. The standard InChI is InChI=1S/C14H18N4O2/c1-9-8-10(2)17-13(12(9)14(19)20)15-6-4-11-5-7-16-18(11)3/h5,7-8H,4,6H2,1-3H3,(H,15,17)(H,19,20). The molecule has 0 saturated heterocycles. The van der Waals surface area contributed by atoms with Crippen LogP contribution in [0.1, 0.15) is 27.3 Å². The molecular formula is C14H18N4O2. The minimum atomic E-state index is -0.960. The van der Waals surface area contributed by atoms with E-state index >= 15 is 0 Å². The van der Waals surface area contributed by atoms with Gasteiger partial charge < -0.3 is 10.4 Å². The van der Waals surface area contributed by atoms with E-state index in [9.17, 15) is 9.90 Å². The molecule has 2 aromatic rings. The molecule has 0 aliphatic rings. The predicted octanol–water partition coefficient (Wildman–Crippen LogP) is 1.78. The van der Waals surface area contributed by atoms with Crippen LogP contribution in [0, 0.1) is 13.8 Å². The van der Waals surface area contributed by atoms with Crippen LogP contribution >= 0.6 is 0 Å². The molecule has 2 heterocycles. The van der Waals surface area contributed by atoms with E-state index in [0.29, 0.717) is 17.9 Å². The van der Waals surface area contributed by atoms with E-state index in [0.717, 1.165) is 17.8 Å². The lowest BCUT2D eigenvalue weighted by Gasteiger charge is -2.12. The van der Waals surface area contributed by atoms with Crippen molar-refractivity contribution in [3.8, 4) is 0 Å². The fourth-order valence-electron chi connectivity index (χ4n) is 2.19. The van der Waals surface area contributed by atoms with Crippen LogP contribution in [0.5, 0.6) is 0 Å². The molecule has 6 heteroatoms. The average molecular weight is 274 g/mol. The van der Waals surface area contributed by atoms with Crippen LogP contribution in [-0.2, 0) is 13.5 Å². The highest BCUT2D eigenvalue weighted by atomic mass is 16.4. The van der Waals surface area contributed by atoms with Crippen molar-refractivity contribution in [1.82, 2.24) is 14.8 Å². The van der Waals surface area contributed by atoms with Gasteiger partial charge in [0.2, 0.25) is 0 Å². The molecule has 0 spiro atoms. The van der Waals surface area contributed by atoms with E-state index in [1.807, 2.05) is 20.0 Å². The molecule has 0 aliphatic heterocycles. The smallest absolute Gasteiger partial charge is 0.339 e. The van der Waals surface area contributed by atoms with Crippen LogP contribution in [-0.4, -0.2) is 32.4 Å². The van der Waals surface area contributed by atoms with Gasteiger partial charge in [-0.2, -0.15) is 5.10 Å². The first-order valence-electron chi connectivity index (χ1n) is 6.41. The number of anilines is 1. The number of hydrogen-bond acceptors (Lipinski definition) is 4. The highest BCUT2D eigenvalue weighted by Gasteiger charge is 2.15. The Bertz CT molecular complexity index is 634. The van der Waals surface area contributed by atoms with E-state index in [1.54, 1.807) is 23.9 Å². The highest BCUT2D eigenvalue weighted by molar-refractivity contribution is 5.94. The van der Waals surface area contributed by atoms with Crippen molar-refractivity contribution in [3.63, 3.8) is 0 Å². The maximum Gasteiger partial charge on any atom is 0.339 e. The molecule has 2 rings (SSSR count). The van der Waals surface area contributed by atoms with Crippen LogP contribution in [0.4, 0.5) is 5.82 Å². The lowest BCUT2D eigenvalue weighted by atomic mass is 10.1. The van der Waals surface area contributed by atoms with Crippen molar-refractivity contribution in [2.45, 2.75) is 20.3 Å². The summed E-state index contributed by atoms with van der Waals surface area (Å²) in [5, 5.41) is 16.5. The number of carboxylic acids is 1. The van der Waals surface area contributed by atoms with Crippen LogP contribution in [0.3, 0.4) is 0 Å². The first-order valence-corrected chi connectivity index (χ1v) is 6.41. The highest BCUT2D eigenvalue weighted by Crippen LogP contribution is 2.18. The fraction of sp³-hybridized carbons (Fsp3) is 0.357. The van der Waals surface area contributed by atoms with E-state index in [1.165, 1.54) is 0 Å². The molecule has 0 fully saturated rings. The molecule has 0 saturated carbocycles. The normalized spacial score (nSPS) is 10.6. The number of rotatable bonds is 5. The molecule has 0 aliphatic carbocycles. The van der Waals surface area contributed by atoms with Gasteiger partial charge in [-0.15, -0.1) is 0 Å². The fourth-order valence-corrected chi connectivity index (χ4v) is 2.19. The van der Waals surface area contributed by atoms with Crippen molar-refractivity contribution >= 4 is 11.8 Å². The van der Waals surface area contributed by atoms with Crippen LogP contribution < -0.4 is 5.32 Å². The Morgan fingerprint density at radius 1 is 1.45 bits per heavy atom. The molecule has 20 heavy (non-hydrogen) atoms. The molecular weight excluding hydrogens is 256 g/mol. The number of nitrogens with one attached hydrogen (secondary N) is 1. The van der Waals surface area contributed by atoms with Crippen molar-refractivity contribution in [3.05, 3.63) is 40.8 Å². The zero-order valence-electron chi connectivity index (χ0n) is 11.8. The number of hydrogen-bond donors (Lipinski definition) is 2. The predicted molar refractivity (Wildman–Crippen MR) is 76.1 cm³/mol. The lowest BCUT2D eigenvalue weighted by Crippen LogP contribution is -2.14. The number of aromatic nitrogens is 3. The zero-order valence-corrected chi connectivity index (χ0v) is 11.8. The second-order valence-corrected chi connectivity index (χ2v) is 4.73. The van der Waals surface area contributed by atoms with Crippen LogP contribution in [0.25, 0.3) is 0 Å². The Hall–Kier alpha value is -2.37. The van der Waals surface area contributed by atoms with Gasteiger partial charge in [-0.05, 0) is 31.5 Å². The lowest BCUT2D eigenvalue weighted by molar-refractivity contribution is 0.0697. The van der Waals surface area contributed by atoms with Gasteiger partial charge in [0, 0.05) is 37.6 Å². The first-order chi connectivity index (χ1) is 9.49. The van der Waals surface area contributed by atoms with E-state index in [-0.39, 0.29) is 5.56 Å². The molecule has 2 N–H and O–H groups in total. The molecule has 0 radical (unpaired) electrons. The van der Waals surface area contributed by atoms with Crippen molar-refractivity contribution in [2.75, 3.05) is 11.9 Å². The minimum Gasteiger partial charge on any atom is -0.478 e. The summed E-state index contributed by atoms with van der Waals surface area (Å²) in [6.07, 6.45) is 2.50. The van der Waals surface area contributed by atoms with Gasteiger partial charge in [-0.1, -0.05) is 0 Å². The zero-order chi connectivity index (χ0) is 14.7. The van der Waals surface area contributed by atoms with E-state index in [2.05, 4.69) is 15.4 Å². The van der Waals surface area contributed by atoms with Gasteiger partial charge in [0.25, 0.3) is 0 Å². The molecule has 0 atom stereocenters. The van der Waals surface area contributed by atoms with Gasteiger partial charge in [-0.25, -0.2) is 9.78 Å². The maximum atomic E-state index is 11.3. The van der Waals surface area contributed by atoms with Gasteiger partial charge >= 0.3 is 5.97 Å². The van der Waals surface area contributed by atoms with Crippen LogP contribution in [0.15, 0.2) is 18.3 Å². The summed E-state index contributed by atoms with van der Waals surface area (Å²) in [7, 11) is 1.88. The van der Waals surface area contributed by atoms with Crippen molar-refractivity contribution < 1.29 is 9.90 Å². The molecule has 0 unspecified atom stereocenters. The summed E-state index contributed by atoms with van der Waals surface area (Å²) < 4.78 is 1.80. The third kappa shape index (κ3) is 2.96. The monoisotopic (exact) mass is 274 g/mol. The molecule has 0 amide bonds. The third-order valence-electron chi connectivity index (χ3n) is 3.15. The van der Waals surface area contributed by atoms with Gasteiger partial charge in [-0.3, -0.25) is 4.68 Å². The Balaban J connectivity index is 2.13. The van der Waals surface area contributed by atoms with Crippen molar-refractivity contribution in [2.24, 2.45) is 7.05 Å². The number of nitrogens with zero attached hydrogens (tertiary/aromatic N) is 3. The average Bonchev–Trinajstić information content (AvgIpc) is 2.73. The summed E-state index contributed by atoms with van der Waals surface area (Å²) >= 11 is 0. The Labute approximate surface area is 117 Å². The van der Waals surface area contributed by atoms with Crippen molar-refractivity contribution in [1.29, 1.82) is 0 Å². The van der Waals surface area contributed by atoms with Crippen LogP contribution in [0.2, 0.25) is 0 Å². The summed E-state index contributed by atoms with van der Waals surface area (Å²) in [5.74, 6) is -0.532. The second-order valence-electron chi connectivity index (χ2n) is 4.73. The molecule has 106 valence electrons. The number of aromatic carboxylic acids is 1. The second kappa shape index (κ2) is 5.73. The quantitative estimate of drug-likeness (QED) is 0.868. The number of aryl methyl sites for hydroxylation is 3. The number of carbonyl (C=O) groups is 1. The minimum absolute atomic E-state index is 0.237. The molecule has 2 aromatic heterocycles. The summed E-state index contributed by atoms with van der Waals surface area (Å²) in [6.45, 7) is 4.24. The largest absolute Gasteiger partial charge is 0.478 e. The Kier molecular flexibility index (Phi) is 4.02. The Morgan fingerprint density at radius 3 is 2.80 bits per heavy atom. The van der Waals surface area contributed by atoms with Gasteiger partial charge in [0.05, 0.1) is 0 Å². The number of carboxylic acid groups (broad SMARTS) is 1. The third-order valence-corrected chi connectivity index (χ3v) is 3.15. The molecule has 6 nitrogen and oxygen atoms in total.